The SMILES string of the molecule is CCOC(c1nc(C)c(I)c(=O)[nH]1)C(C)(C)C. The van der Waals surface area contributed by atoms with Gasteiger partial charge in [0.05, 0.1) is 9.26 Å². The number of hydrogen-bond donors (Lipinski definition) is 1. The third-order valence-electron chi connectivity index (χ3n) is 2.42. The van der Waals surface area contributed by atoms with Crippen molar-refractivity contribution in [2.75, 3.05) is 6.61 Å². The number of nitrogens with zero attached hydrogens (tertiary/aromatic N) is 1. The van der Waals surface area contributed by atoms with Gasteiger partial charge in [-0.3, -0.25) is 4.79 Å². The highest BCUT2D eigenvalue weighted by molar-refractivity contribution is 14.1. The van der Waals surface area contributed by atoms with E-state index in [2.05, 4.69) is 30.7 Å². The number of ether oxygens (including phenoxy) is 1. The number of nitrogens with one attached hydrogen (secondary N) is 1. The minimum Gasteiger partial charge on any atom is -0.370 e. The van der Waals surface area contributed by atoms with Crippen molar-refractivity contribution < 1.29 is 4.74 Å². The zero-order chi connectivity index (χ0) is 13.2. The van der Waals surface area contributed by atoms with Gasteiger partial charge in [-0.2, -0.15) is 0 Å². The van der Waals surface area contributed by atoms with Crippen LogP contribution in [0.1, 0.15) is 45.3 Å². The molecule has 4 nitrogen and oxygen atoms in total. The third-order valence-corrected chi connectivity index (χ3v) is 3.69. The Hall–Kier alpha value is -0.430. The zero-order valence-corrected chi connectivity index (χ0v) is 13.1. The summed E-state index contributed by atoms with van der Waals surface area (Å²) in [6.07, 6.45) is -0.198. The second-order valence-corrected chi connectivity index (χ2v) is 6.13. The highest BCUT2D eigenvalue weighted by Crippen LogP contribution is 2.33. The van der Waals surface area contributed by atoms with Crippen LogP contribution >= 0.6 is 22.6 Å². The van der Waals surface area contributed by atoms with Crippen molar-refractivity contribution >= 4 is 22.6 Å². The Labute approximate surface area is 115 Å². The largest absolute Gasteiger partial charge is 0.370 e. The van der Waals surface area contributed by atoms with Crippen LogP contribution in [0, 0.1) is 15.9 Å². The van der Waals surface area contributed by atoms with Gasteiger partial charge in [0.2, 0.25) is 0 Å². The molecule has 0 aromatic carbocycles. The molecule has 1 unspecified atom stereocenters. The predicted molar refractivity (Wildman–Crippen MR) is 76.1 cm³/mol. The van der Waals surface area contributed by atoms with Crippen molar-refractivity contribution in [3.05, 3.63) is 25.4 Å². The average Bonchev–Trinajstić information content (AvgIpc) is 2.20. The molecule has 0 saturated carbocycles. The van der Waals surface area contributed by atoms with E-state index in [1.54, 1.807) is 0 Å². The maximum absolute atomic E-state index is 11.7. The highest BCUT2D eigenvalue weighted by Gasteiger charge is 2.29. The second-order valence-electron chi connectivity index (χ2n) is 5.05. The van der Waals surface area contributed by atoms with E-state index in [4.69, 9.17) is 4.74 Å². The van der Waals surface area contributed by atoms with Crippen LogP contribution in [0.15, 0.2) is 4.79 Å². The van der Waals surface area contributed by atoms with Crippen LogP contribution in [0.25, 0.3) is 0 Å². The minimum atomic E-state index is -0.198. The molecule has 0 aliphatic carbocycles. The fourth-order valence-electron chi connectivity index (χ4n) is 1.62. The molecule has 0 bridgehead atoms. The van der Waals surface area contributed by atoms with E-state index in [0.717, 1.165) is 5.69 Å². The van der Waals surface area contributed by atoms with Crippen LogP contribution in [0.2, 0.25) is 0 Å². The lowest BCUT2D eigenvalue weighted by atomic mass is 9.88. The summed E-state index contributed by atoms with van der Waals surface area (Å²) in [6.45, 7) is 10.6. The molecule has 0 saturated heterocycles. The average molecular weight is 350 g/mol. The van der Waals surface area contributed by atoms with Crippen LogP contribution in [-0.4, -0.2) is 16.6 Å². The molecule has 5 heteroatoms. The van der Waals surface area contributed by atoms with E-state index in [1.807, 2.05) is 36.4 Å². The van der Waals surface area contributed by atoms with Gasteiger partial charge >= 0.3 is 0 Å². The maximum atomic E-state index is 11.7. The molecular formula is C12H19IN2O2. The summed E-state index contributed by atoms with van der Waals surface area (Å²) in [6, 6.07) is 0. The standard InChI is InChI=1S/C12H19IN2O2/c1-6-17-9(12(3,4)5)10-14-7(2)8(13)11(16)15-10/h9H,6H2,1-5H3,(H,14,15,16). The monoisotopic (exact) mass is 350 g/mol. The van der Waals surface area contributed by atoms with Crippen LogP contribution in [0.3, 0.4) is 0 Å². The van der Waals surface area contributed by atoms with Crippen LogP contribution in [0.5, 0.6) is 0 Å². The summed E-state index contributed by atoms with van der Waals surface area (Å²) in [5.41, 5.74) is 0.547. The molecule has 1 aromatic rings. The molecule has 1 rings (SSSR count). The van der Waals surface area contributed by atoms with Crippen LogP contribution in [0.4, 0.5) is 0 Å². The number of aromatic amines is 1. The van der Waals surface area contributed by atoms with Gasteiger partial charge in [0.15, 0.2) is 0 Å². The van der Waals surface area contributed by atoms with Crippen molar-refractivity contribution in [3.8, 4) is 0 Å². The predicted octanol–water partition coefficient (Wildman–Crippen LogP) is 2.81. The Morgan fingerprint density at radius 2 is 2.06 bits per heavy atom. The summed E-state index contributed by atoms with van der Waals surface area (Å²) in [7, 11) is 0. The first-order valence-electron chi connectivity index (χ1n) is 5.65. The molecule has 1 aromatic heterocycles. The van der Waals surface area contributed by atoms with Gasteiger partial charge in [0.25, 0.3) is 5.56 Å². The molecule has 0 amide bonds. The summed E-state index contributed by atoms with van der Waals surface area (Å²) >= 11 is 2.00. The lowest BCUT2D eigenvalue weighted by molar-refractivity contribution is -0.0194. The van der Waals surface area contributed by atoms with E-state index < -0.39 is 0 Å². The number of aryl methyl sites for hydroxylation is 1. The van der Waals surface area contributed by atoms with Crippen molar-refractivity contribution in [1.29, 1.82) is 0 Å². The normalized spacial score (nSPS) is 13.8. The molecule has 0 fully saturated rings. The molecule has 1 heterocycles. The van der Waals surface area contributed by atoms with Crippen molar-refractivity contribution in [3.63, 3.8) is 0 Å². The Balaban J connectivity index is 3.25. The Morgan fingerprint density at radius 3 is 2.47 bits per heavy atom. The summed E-state index contributed by atoms with van der Waals surface area (Å²) < 4.78 is 6.34. The molecule has 17 heavy (non-hydrogen) atoms. The molecular weight excluding hydrogens is 331 g/mol. The highest BCUT2D eigenvalue weighted by atomic mass is 127. The quantitative estimate of drug-likeness (QED) is 0.853. The van der Waals surface area contributed by atoms with Crippen LogP contribution in [-0.2, 0) is 4.74 Å². The number of hydrogen-bond acceptors (Lipinski definition) is 3. The third kappa shape index (κ3) is 3.51. The summed E-state index contributed by atoms with van der Waals surface area (Å²) in [5, 5.41) is 0. The number of rotatable bonds is 3. The molecule has 1 atom stereocenters. The van der Waals surface area contributed by atoms with E-state index in [-0.39, 0.29) is 17.1 Å². The van der Waals surface area contributed by atoms with E-state index in [1.165, 1.54) is 0 Å². The lowest BCUT2D eigenvalue weighted by Gasteiger charge is -2.29. The smallest absolute Gasteiger partial charge is 0.264 e. The molecule has 0 aliphatic rings. The van der Waals surface area contributed by atoms with Crippen molar-refractivity contribution in [2.24, 2.45) is 5.41 Å². The number of aromatic nitrogens is 2. The van der Waals surface area contributed by atoms with Gasteiger partial charge in [-0.1, -0.05) is 20.8 Å². The molecule has 1 N–H and O–H groups in total. The number of halogens is 1. The fraction of sp³-hybridized carbons (Fsp3) is 0.667. The molecule has 96 valence electrons. The number of H-pyrrole nitrogens is 1. The Bertz CT molecular complexity index is 449. The molecule has 0 spiro atoms. The lowest BCUT2D eigenvalue weighted by Crippen LogP contribution is -2.27. The summed E-state index contributed by atoms with van der Waals surface area (Å²) in [5.74, 6) is 0.613. The van der Waals surface area contributed by atoms with Gasteiger partial charge < -0.3 is 9.72 Å². The fourth-order valence-corrected chi connectivity index (χ4v) is 1.88. The first kappa shape index (κ1) is 14.6. The maximum Gasteiger partial charge on any atom is 0.264 e. The topological polar surface area (TPSA) is 55.0 Å². The van der Waals surface area contributed by atoms with E-state index in [9.17, 15) is 4.79 Å². The molecule has 0 radical (unpaired) electrons. The van der Waals surface area contributed by atoms with E-state index in [0.29, 0.717) is 16.0 Å². The van der Waals surface area contributed by atoms with Crippen LogP contribution < -0.4 is 5.56 Å². The van der Waals surface area contributed by atoms with Crippen molar-refractivity contribution in [2.45, 2.75) is 40.7 Å². The van der Waals surface area contributed by atoms with Gasteiger partial charge in [-0.15, -0.1) is 0 Å². The van der Waals surface area contributed by atoms with Gasteiger partial charge in [-0.25, -0.2) is 4.98 Å². The minimum absolute atomic E-state index is 0.0953. The van der Waals surface area contributed by atoms with E-state index >= 15 is 0 Å². The first-order chi connectivity index (χ1) is 7.77. The zero-order valence-electron chi connectivity index (χ0n) is 10.9. The second kappa shape index (κ2) is 5.48. The molecule has 0 aliphatic heterocycles. The van der Waals surface area contributed by atoms with Gasteiger partial charge in [0, 0.05) is 6.61 Å². The van der Waals surface area contributed by atoms with Gasteiger partial charge in [0.1, 0.15) is 11.9 Å². The van der Waals surface area contributed by atoms with Gasteiger partial charge in [-0.05, 0) is 41.9 Å². The Morgan fingerprint density at radius 1 is 1.47 bits per heavy atom. The Kier molecular flexibility index (Phi) is 4.71. The first-order valence-corrected chi connectivity index (χ1v) is 6.73. The van der Waals surface area contributed by atoms with Crippen molar-refractivity contribution in [1.82, 2.24) is 9.97 Å². The summed E-state index contributed by atoms with van der Waals surface area (Å²) in [4.78, 5) is 19.0.